The predicted molar refractivity (Wildman–Crippen MR) is 63.4 cm³/mol. The highest BCUT2D eigenvalue weighted by molar-refractivity contribution is 5.82. The second-order valence-corrected chi connectivity index (χ2v) is 4.80. The second-order valence-electron chi connectivity index (χ2n) is 4.80. The number of aliphatic hydroxyl groups excluding tert-OH is 1. The fraction of sp³-hybridized carbons (Fsp3) is 0.909. The molecular weight excluding hydrogens is 206 g/mol. The lowest BCUT2D eigenvalue weighted by atomic mass is 9.92. The molecule has 1 saturated heterocycles. The average Bonchev–Trinajstić information content (AvgIpc) is 2.28. The van der Waals surface area contributed by atoms with E-state index in [2.05, 4.69) is 10.1 Å². The average molecular weight is 229 g/mol. The fourth-order valence-electron chi connectivity index (χ4n) is 2.20. The number of nitrogens with two attached hydrogens (primary N) is 1. The largest absolute Gasteiger partial charge is 0.409 e. The molecule has 5 heteroatoms. The topological polar surface area (TPSA) is 82.1 Å². The van der Waals surface area contributed by atoms with Crippen LogP contribution in [0.5, 0.6) is 0 Å². The molecule has 2 unspecified atom stereocenters. The molecule has 4 N–H and O–H groups in total. The number of amidine groups is 1. The molecule has 5 nitrogen and oxygen atoms in total. The van der Waals surface area contributed by atoms with Crippen LogP contribution < -0.4 is 5.73 Å². The number of oxime groups is 1. The summed E-state index contributed by atoms with van der Waals surface area (Å²) in [6.45, 7) is 6.61. The van der Waals surface area contributed by atoms with Gasteiger partial charge in [-0.05, 0) is 38.8 Å². The molecule has 0 saturated carbocycles. The first-order chi connectivity index (χ1) is 7.54. The van der Waals surface area contributed by atoms with E-state index in [1.165, 1.54) is 0 Å². The standard InChI is InChI=1S/C11H23N3O2/c1-8(11(12)13-16)7-14-5-3-10(4-6-14)9(2)15/h8-10,15-16H,3-7H2,1-2H3,(H2,12,13). The van der Waals surface area contributed by atoms with Crippen molar-refractivity contribution in [2.75, 3.05) is 19.6 Å². The zero-order valence-electron chi connectivity index (χ0n) is 10.1. The Morgan fingerprint density at radius 1 is 1.44 bits per heavy atom. The van der Waals surface area contributed by atoms with Gasteiger partial charge in [-0.3, -0.25) is 0 Å². The van der Waals surface area contributed by atoms with Crippen LogP contribution in [0.1, 0.15) is 26.7 Å². The SMILES string of the molecule is CC(CN1CCC(C(C)O)CC1)C(N)=NO. The number of nitrogens with zero attached hydrogens (tertiary/aromatic N) is 2. The van der Waals surface area contributed by atoms with Gasteiger partial charge in [0, 0.05) is 12.5 Å². The third kappa shape index (κ3) is 3.64. The van der Waals surface area contributed by atoms with E-state index in [1.807, 2.05) is 13.8 Å². The maximum atomic E-state index is 9.48. The highest BCUT2D eigenvalue weighted by atomic mass is 16.4. The van der Waals surface area contributed by atoms with Gasteiger partial charge in [-0.1, -0.05) is 12.1 Å². The summed E-state index contributed by atoms with van der Waals surface area (Å²) in [7, 11) is 0. The molecule has 0 aromatic carbocycles. The summed E-state index contributed by atoms with van der Waals surface area (Å²) in [5.74, 6) is 0.793. The lowest BCUT2D eigenvalue weighted by molar-refractivity contribution is 0.0698. The maximum absolute atomic E-state index is 9.48. The number of hydrogen-bond acceptors (Lipinski definition) is 4. The van der Waals surface area contributed by atoms with Crippen molar-refractivity contribution in [1.82, 2.24) is 4.90 Å². The molecule has 0 aromatic rings. The minimum atomic E-state index is -0.205. The van der Waals surface area contributed by atoms with Gasteiger partial charge in [-0.2, -0.15) is 0 Å². The van der Waals surface area contributed by atoms with Crippen LogP contribution in [0.15, 0.2) is 5.16 Å². The van der Waals surface area contributed by atoms with Gasteiger partial charge in [0.25, 0.3) is 0 Å². The van der Waals surface area contributed by atoms with E-state index >= 15 is 0 Å². The molecule has 1 rings (SSSR count). The number of aliphatic hydroxyl groups is 1. The van der Waals surface area contributed by atoms with Crippen molar-refractivity contribution in [2.45, 2.75) is 32.8 Å². The van der Waals surface area contributed by atoms with Crippen LogP contribution in [-0.4, -0.2) is 46.8 Å². The Bertz CT molecular complexity index is 235. The molecule has 94 valence electrons. The zero-order valence-corrected chi connectivity index (χ0v) is 10.1. The smallest absolute Gasteiger partial charge is 0.143 e. The Kier molecular flexibility index (Phi) is 5.02. The lowest BCUT2D eigenvalue weighted by Crippen LogP contribution is -2.41. The quantitative estimate of drug-likeness (QED) is 0.283. The summed E-state index contributed by atoms with van der Waals surface area (Å²) in [5.41, 5.74) is 5.54. The third-order valence-corrected chi connectivity index (χ3v) is 3.47. The minimum Gasteiger partial charge on any atom is -0.409 e. The Labute approximate surface area is 96.9 Å². The van der Waals surface area contributed by atoms with Gasteiger partial charge >= 0.3 is 0 Å². The zero-order chi connectivity index (χ0) is 12.1. The van der Waals surface area contributed by atoms with Crippen molar-refractivity contribution < 1.29 is 10.3 Å². The number of piperidine rings is 1. The van der Waals surface area contributed by atoms with Gasteiger partial charge in [0.1, 0.15) is 5.84 Å². The summed E-state index contributed by atoms with van der Waals surface area (Å²) < 4.78 is 0. The highest BCUT2D eigenvalue weighted by Gasteiger charge is 2.24. The van der Waals surface area contributed by atoms with E-state index in [-0.39, 0.29) is 17.9 Å². The van der Waals surface area contributed by atoms with Crippen molar-refractivity contribution in [3.63, 3.8) is 0 Å². The van der Waals surface area contributed by atoms with Crippen molar-refractivity contribution in [3.05, 3.63) is 0 Å². The van der Waals surface area contributed by atoms with E-state index in [4.69, 9.17) is 10.9 Å². The first-order valence-electron chi connectivity index (χ1n) is 5.92. The van der Waals surface area contributed by atoms with Crippen molar-refractivity contribution in [1.29, 1.82) is 0 Å². The van der Waals surface area contributed by atoms with Crippen molar-refractivity contribution >= 4 is 5.84 Å². The summed E-state index contributed by atoms with van der Waals surface area (Å²) in [4.78, 5) is 2.31. The number of hydrogen-bond donors (Lipinski definition) is 3. The molecule has 0 radical (unpaired) electrons. The Morgan fingerprint density at radius 2 is 2.00 bits per heavy atom. The van der Waals surface area contributed by atoms with E-state index < -0.39 is 0 Å². The molecule has 16 heavy (non-hydrogen) atoms. The van der Waals surface area contributed by atoms with Gasteiger partial charge in [-0.15, -0.1) is 0 Å². The Morgan fingerprint density at radius 3 is 2.44 bits per heavy atom. The molecule has 0 aromatic heterocycles. The molecule has 0 bridgehead atoms. The number of likely N-dealkylation sites (tertiary alicyclic amines) is 1. The monoisotopic (exact) mass is 229 g/mol. The van der Waals surface area contributed by atoms with Crippen LogP contribution in [0.2, 0.25) is 0 Å². The van der Waals surface area contributed by atoms with Gasteiger partial charge in [-0.25, -0.2) is 0 Å². The van der Waals surface area contributed by atoms with Crippen LogP contribution in [0.25, 0.3) is 0 Å². The summed E-state index contributed by atoms with van der Waals surface area (Å²) in [5, 5.41) is 21.1. The highest BCUT2D eigenvalue weighted by Crippen LogP contribution is 2.21. The molecule has 1 fully saturated rings. The van der Waals surface area contributed by atoms with Gasteiger partial charge in [0.15, 0.2) is 0 Å². The first kappa shape index (κ1) is 13.3. The van der Waals surface area contributed by atoms with Crippen LogP contribution in [-0.2, 0) is 0 Å². The van der Waals surface area contributed by atoms with Gasteiger partial charge in [0.2, 0.25) is 0 Å². The van der Waals surface area contributed by atoms with Crippen molar-refractivity contribution in [2.24, 2.45) is 22.7 Å². The molecule has 1 aliphatic heterocycles. The van der Waals surface area contributed by atoms with Crippen LogP contribution >= 0.6 is 0 Å². The van der Waals surface area contributed by atoms with Crippen molar-refractivity contribution in [3.8, 4) is 0 Å². The molecule has 0 amide bonds. The van der Waals surface area contributed by atoms with E-state index in [9.17, 15) is 5.11 Å². The van der Waals surface area contributed by atoms with E-state index in [1.54, 1.807) is 0 Å². The molecule has 0 aliphatic carbocycles. The molecular formula is C11H23N3O2. The summed E-state index contributed by atoms with van der Waals surface area (Å²) in [6.07, 6.45) is 1.85. The predicted octanol–water partition coefficient (Wildman–Crippen LogP) is 0.462. The first-order valence-corrected chi connectivity index (χ1v) is 5.92. The molecule has 2 atom stereocenters. The Hall–Kier alpha value is -0.810. The molecule has 1 aliphatic rings. The van der Waals surface area contributed by atoms with Crippen LogP contribution in [0.4, 0.5) is 0 Å². The van der Waals surface area contributed by atoms with Crippen LogP contribution in [0.3, 0.4) is 0 Å². The van der Waals surface area contributed by atoms with Crippen LogP contribution in [0, 0.1) is 11.8 Å². The van der Waals surface area contributed by atoms with Gasteiger partial charge < -0.3 is 20.9 Å². The second kappa shape index (κ2) is 6.06. The maximum Gasteiger partial charge on any atom is 0.143 e. The summed E-state index contributed by atoms with van der Waals surface area (Å²) in [6, 6.07) is 0. The van der Waals surface area contributed by atoms with E-state index in [0.29, 0.717) is 5.92 Å². The fourth-order valence-corrected chi connectivity index (χ4v) is 2.20. The lowest BCUT2D eigenvalue weighted by Gasteiger charge is -2.34. The third-order valence-electron chi connectivity index (χ3n) is 3.47. The molecule has 1 heterocycles. The normalized spacial score (nSPS) is 24.3. The number of rotatable bonds is 4. The summed E-state index contributed by atoms with van der Waals surface area (Å²) >= 11 is 0. The molecule has 0 spiro atoms. The van der Waals surface area contributed by atoms with E-state index in [0.717, 1.165) is 32.5 Å². The Balaban J connectivity index is 2.32. The van der Waals surface area contributed by atoms with Gasteiger partial charge in [0.05, 0.1) is 6.10 Å². The minimum absolute atomic E-state index is 0.0769.